The van der Waals surface area contributed by atoms with Crippen LogP contribution in [0.3, 0.4) is 0 Å². The standard InChI is InChI=1S/C57H72N10O12/c1-34(58)52(71)66(9)57(30-39-19-24-43(25-20-39)78-48-29-41(21-26-47(48)76-11)28-45(65(8)54(57)73)53(72)77-32-40-15-13-12-14-16-40)59-31-46(68)35(2)61-51(70)44(27-38-17-22-42(75-10)23-18-38)67-33-60-64-49(67)36(3)62-50(69)37(4)63-55(74)79-56(5,6)7/h12-26,29,33-37,44-45,59H,27-28,30-32,58H2,1-11H3,(H,61,70)(H,62,69)(H,63,74)/t34-,35-,36?,37+,44-,45-,57-/m0/s1. The van der Waals surface area contributed by atoms with E-state index < -0.39 is 95.5 Å². The molecule has 7 atom stereocenters. The van der Waals surface area contributed by atoms with Crippen LogP contribution in [0.4, 0.5) is 4.79 Å². The fourth-order valence-corrected chi connectivity index (χ4v) is 8.81. The van der Waals surface area contributed by atoms with Crippen LogP contribution in [0.25, 0.3) is 0 Å². The van der Waals surface area contributed by atoms with Crippen LogP contribution in [-0.4, -0.2) is 136 Å². The monoisotopic (exact) mass is 1090 g/mol. The lowest BCUT2D eigenvalue weighted by Crippen LogP contribution is -2.72. The smallest absolute Gasteiger partial charge is 0.408 e. The number of benzene rings is 4. The first-order valence-corrected chi connectivity index (χ1v) is 25.8. The maximum atomic E-state index is 15.7. The number of ketones is 1. The largest absolute Gasteiger partial charge is 0.497 e. The second kappa shape index (κ2) is 26.3. The van der Waals surface area contributed by atoms with E-state index in [1.807, 2.05) is 6.07 Å². The molecule has 22 heteroatoms. The Morgan fingerprint density at radius 3 is 2.14 bits per heavy atom. The number of nitrogens with one attached hydrogen (secondary N) is 4. The predicted molar refractivity (Wildman–Crippen MR) is 291 cm³/mol. The van der Waals surface area contributed by atoms with Gasteiger partial charge < -0.3 is 59.7 Å². The number of nitrogens with two attached hydrogens (primary N) is 1. The molecule has 3 heterocycles. The summed E-state index contributed by atoms with van der Waals surface area (Å²) in [5, 5.41) is 19.7. The number of amides is 5. The number of aromatic nitrogens is 3. The van der Waals surface area contributed by atoms with Gasteiger partial charge in [-0.05, 0) is 107 Å². The number of carbonyl (C=O) groups is 7. The topological polar surface area (TPSA) is 277 Å². The van der Waals surface area contributed by atoms with Crippen LogP contribution in [0.15, 0.2) is 103 Å². The van der Waals surface area contributed by atoms with Crippen LogP contribution < -0.4 is 41.2 Å². The molecular weight excluding hydrogens is 1020 g/mol. The highest BCUT2D eigenvalue weighted by molar-refractivity contribution is 5.96. The minimum atomic E-state index is -2.11. The van der Waals surface area contributed by atoms with E-state index in [0.717, 1.165) is 4.90 Å². The average molecular weight is 1090 g/mol. The summed E-state index contributed by atoms with van der Waals surface area (Å²) in [7, 11) is 5.85. The van der Waals surface area contributed by atoms with Gasteiger partial charge in [-0.2, -0.15) is 0 Å². The highest BCUT2D eigenvalue weighted by atomic mass is 16.6. The molecule has 4 aromatic carbocycles. The van der Waals surface area contributed by atoms with Gasteiger partial charge in [-0.3, -0.25) is 29.3 Å². The molecule has 79 heavy (non-hydrogen) atoms. The second-order valence-corrected chi connectivity index (χ2v) is 20.5. The van der Waals surface area contributed by atoms with Crippen molar-refractivity contribution in [2.24, 2.45) is 5.73 Å². The van der Waals surface area contributed by atoms with Crippen molar-refractivity contribution in [2.45, 2.75) is 122 Å². The molecule has 0 saturated heterocycles. The van der Waals surface area contributed by atoms with Crippen molar-refractivity contribution < 1.29 is 57.2 Å². The Morgan fingerprint density at radius 2 is 1.51 bits per heavy atom. The van der Waals surface area contributed by atoms with Gasteiger partial charge in [0.15, 0.2) is 28.8 Å². The van der Waals surface area contributed by atoms with Crippen molar-refractivity contribution in [1.29, 1.82) is 0 Å². The van der Waals surface area contributed by atoms with Gasteiger partial charge in [-0.25, -0.2) is 9.59 Å². The number of methoxy groups -OCH3 is 2. The van der Waals surface area contributed by atoms with Crippen LogP contribution in [-0.2, 0) is 64.1 Å². The quantitative estimate of drug-likeness (QED) is 0.0530. The normalized spacial score (nSPS) is 17.3. The zero-order chi connectivity index (χ0) is 57.8. The molecule has 0 aliphatic carbocycles. The maximum absolute atomic E-state index is 15.7. The summed E-state index contributed by atoms with van der Waals surface area (Å²) in [5.74, 6) is -2.04. The van der Waals surface area contributed by atoms with Crippen molar-refractivity contribution in [1.82, 2.24) is 45.8 Å². The van der Waals surface area contributed by atoms with Crippen LogP contribution in [0.1, 0.15) is 88.6 Å². The third-order valence-electron chi connectivity index (χ3n) is 13.3. The van der Waals surface area contributed by atoms with Crippen LogP contribution in [0, 0.1) is 0 Å². The highest BCUT2D eigenvalue weighted by Gasteiger charge is 2.49. The van der Waals surface area contributed by atoms with Crippen LogP contribution >= 0.6 is 0 Å². The summed E-state index contributed by atoms with van der Waals surface area (Å²) in [6.07, 6.45) is 0.292. The Labute approximate surface area is 460 Å². The Hall–Kier alpha value is -8.37. The maximum Gasteiger partial charge on any atom is 0.408 e. The molecule has 422 valence electrons. The second-order valence-electron chi connectivity index (χ2n) is 20.5. The molecule has 4 bridgehead atoms. The summed E-state index contributed by atoms with van der Waals surface area (Å²) in [5.41, 5.74) is 5.84. The lowest BCUT2D eigenvalue weighted by atomic mass is 9.93. The summed E-state index contributed by atoms with van der Waals surface area (Å²) in [6.45, 7) is 10.5. The van der Waals surface area contributed by atoms with E-state index in [-0.39, 0.29) is 31.7 Å². The van der Waals surface area contributed by atoms with Crippen molar-refractivity contribution in [3.8, 4) is 23.0 Å². The first kappa shape index (κ1) is 59.9. The average Bonchev–Trinajstić information content (AvgIpc) is 3.93. The molecular formula is C57H72N10O12. The molecule has 5 amide bonds. The first-order chi connectivity index (χ1) is 37.4. The fourth-order valence-electron chi connectivity index (χ4n) is 8.81. The third kappa shape index (κ3) is 15.4. The first-order valence-electron chi connectivity index (χ1n) is 25.8. The highest BCUT2D eigenvalue weighted by Crippen LogP contribution is 2.35. The molecule has 2 aliphatic rings. The number of hydrogen-bond donors (Lipinski definition) is 5. The van der Waals surface area contributed by atoms with Crippen molar-refractivity contribution in [3.05, 3.63) is 131 Å². The number of likely N-dealkylation sites (N-methyl/N-ethyl adjacent to an activating group) is 2. The number of nitrogens with zero attached hydrogens (tertiary/aromatic N) is 5. The number of hydrogen-bond acceptors (Lipinski definition) is 16. The van der Waals surface area contributed by atoms with Gasteiger partial charge in [-0.1, -0.05) is 60.7 Å². The Morgan fingerprint density at radius 1 is 0.835 bits per heavy atom. The molecule has 0 spiro atoms. The number of carbonyl (C=O) groups excluding carboxylic acids is 7. The predicted octanol–water partition coefficient (Wildman–Crippen LogP) is 4.50. The molecule has 7 rings (SSSR count). The Balaban J connectivity index is 1.32. The zero-order valence-electron chi connectivity index (χ0n) is 46.5. The van der Waals surface area contributed by atoms with Gasteiger partial charge >= 0.3 is 12.1 Å². The van der Waals surface area contributed by atoms with Gasteiger partial charge in [0.25, 0.3) is 5.91 Å². The SMILES string of the molecule is COc1ccc(C[C@@H](C(=O)N[C@@H](C)C(=O)CN[C@]2(N(C)C(=O)[C@H](C)N)Cc3ccc(cc3)Oc3cc(ccc3OC)C[C@@H](C(=O)OCc3ccccc3)N(C)C2=O)n2cnnc2C(C)NC(=O)[C@@H](C)NC(=O)OC(C)(C)C)cc1. The minimum absolute atomic E-state index is 0.0576. The van der Waals surface area contributed by atoms with Gasteiger partial charge in [0.1, 0.15) is 48.2 Å². The van der Waals surface area contributed by atoms with E-state index >= 15 is 4.79 Å². The molecule has 22 nitrogen and oxygen atoms in total. The van der Waals surface area contributed by atoms with E-state index in [1.54, 1.807) is 119 Å². The lowest BCUT2D eigenvalue weighted by molar-refractivity contribution is -0.163. The molecule has 0 saturated carbocycles. The van der Waals surface area contributed by atoms with Gasteiger partial charge in [0.2, 0.25) is 17.7 Å². The van der Waals surface area contributed by atoms with Gasteiger partial charge in [0.05, 0.1) is 38.9 Å². The summed E-state index contributed by atoms with van der Waals surface area (Å²) in [4.78, 5) is 102. The van der Waals surface area contributed by atoms with Crippen LogP contribution in [0.2, 0.25) is 0 Å². The molecule has 6 N–H and O–H groups in total. The number of esters is 1. The third-order valence-corrected chi connectivity index (χ3v) is 13.3. The lowest BCUT2D eigenvalue weighted by Gasteiger charge is -2.45. The number of Topliss-reactive ketones (excluding diaryl/α,β-unsaturated/α-hetero) is 1. The number of alkyl carbamates (subject to hydrolysis) is 1. The van der Waals surface area contributed by atoms with E-state index in [0.29, 0.717) is 45.3 Å². The van der Waals surface area contributed by atoms with Gasteiger partial charge in [-0.15, -0.1) is 10.2 Å². The number of rotatable bonds is 20. The molecule has 0 fully saturated rings. The summed E-state index contributed by atoms with van der Waals surface area (Å²) < 4.78 is 29.9. The van der Waals surface area contributed by atoms with Crippen molar-refractivity contribution >= 4 is 41.5 Å². The van der Waals surface area contributed by atoms with E-state index in [9.17, 15) is 28.8 Å². The number of ether oxygens (including phenoxy) is 5. The number of fused-ring (bicyclic) bond motifs is 7. The van der Waals surface area contributed by atoms with Gasteiger partial charge in [0, 0.05) is 33.4 Å². The summed E-state index contributed by atoms with van der Waals surface area (Å²) in [6, 6.07) is 21.4. The Kier molecular flexibility index (Phi) is 19.9. The van der Waals surface area contributed by atoms with Crippen molar-refractivity contribution in [2.75, 3.05) is 34.9 Å². The molecule has 5 aromatic rings. The minimum Gasteiger partial charge on any atom is -0.497 e. The van der Waals surface area contributed by atoms with Crippen LogP contribution in [0.5, 0.6) is 23.0 Å². The molecule has 0 radical (unpaired) electrons. The Bertz CT molecular complexity index is 2950. The molecule has 1 unspecified atom stereocenters. The molecule has 1 aromatic heterocycles. The van der Waals surface area contributed by atoms with Crippen molar-refractivity contribution in [3.63, 3.8) is 0 Å². The zero-order valence-corrected chi connectivity index (χ0v) is 46.5. The van der Waals surface area contributed by atoms with E-state index in [1.165, 1.54) is 64.9 Å². The van der Waals surface area contributed by atoms with E-state index in [4.69, 9.17) is 29.4 Å². The van der Waals surface area contributed by atoms with E-state index in [2.05, 4.69) is 31.5 Å². The fraction of sp³-hybridized carbons (Fsp3) is 0.421. The summed E-state index contributed by atoms with van der Waals surface area (Å²) >= 11 is 0. The molecule has 2 aliphatic heterocycles.